The summed E-state index contributed by atoms with van der Waals surface area (Å²) >= 11 is 9.33. The van der Waals surface area contributed by atoms with Crippen molar-refractivity contribution in [2.45, 2.75) is 72.9 Å². The lowest BCUT2D eigenvalue weighted by Gasteiger charge is -2.29. The number of hydrogen-bond donors (Lipinski definition) is 4. The molecule has 3 rings (SSSR count). The molecule has 17 nitrogen and oxygen atoms in total. The Morgan fingerprint density at radius 3 is 1.65 bits per heavy atom. The summed E-state index contributed by atoms with van der Waals surface area (Å²) in [6.07, 6.45) is -9.54. The lowest BCUT2D eigenvalue weighted by Crippen LogP contribution is -2.40. The van der Waals surface area contributed by atoms with Crippen molar-refractivity contribution < 1.29 is 80.4 Å². The van der Waals surface area contributed by atoms with Crippen molar-refractivity contribution in [1.29, 1.82) is 0 Å². The number of rotatable bonds is 23. The van der Waals surface area contributed by atoms with Crippen molar-refractivity contribution in [2.75, 3.05) is 80.8 Å². The van der Waals surface area contributed by atoms with Gasteiger partial charge < -0.3 is 62.3 Å². The molecule has 0 spiro atoms. The van der Waals surface area contributed by atoms with Crippen LogP contribution in [0.15, 0.2) is 0 Å². The molecule has 3 heterocycles. The Balaban J connectivity index is 1.66. The van der Waals surface area contributed by atoms with Gasteiger partial charge in [-0.3, -0.25) is 13.6 Å². The fraction of sp³-hybridized carbons (Fsp3) is 1.00. The molecule has 14 atom stereocenters. The molecule has 0 aliphatic carbocycles. The molecule has 0 bridgehead atoms. The number of aliphatic hydroxyl groups excluding tert-OH is 2. The fourth-order valence-corrected chi connectivity index (χ4v) is 7.96. The van der Waals surface area contributed by atoms with Crippen LogP contribution >= 0.6 is 25.8 Å². The fourth-order valence-electron chi connectivity index (χ4n) is 5.03. The molecule has 3 aliphatic rings. The first kappa shape index (κ1) is 43.2. The summed E-state index contributed by atoms with van der Waals surface area (Å²) in [6, 6.07) is -3.10. The Labute approximate surface area is 294 Å². The van der Waals surface area contributed by atoms with Crippen LogP contribution in [0, 0.1) is 0 Å². The maximum atomic E-state index is 13.4. The van der Waals surface area contributed by atoms with Crippen LogP contribution in [0.5, 0.6) is 0 Å². The van der Waals surface area contributed by atoms with Crippen molar-refractivity contribution in [2.24, 2.45) is 0 Å². The van der Waals surface area contributed by atoms with E-state index in [4.69, 9.17) is 96.1 Å². The third-order valence-corrected chi connectivity index (χ3v) is 10.5. The van der Waals surface area contributed by atoms with Crippen LogP contribution in [-0.2, 0) is 77.1 Å². The number of thiol groups is 1. The lowest BCUT2D eigenvalue weighted by molar-refractivity contribution is -0.0486. The van der Waals surface area contributed by atoms with Crippen LogP contribution in [0.4, 0.5) is 0 Å². The molecule has 48 heavy (non-hydrogen) atoms. The van der Waals surface area contributed by atoms with E-state index in [2.05, 4.69) is 12.2 Å². The Kier molecular flexibility index (Phi) is 18.8. The van der Waals surface area contributed by atoms with Gasteiger partial charge in [-0.1, -0.05) is 12.2 Å². The molecule has 0 amide bonds. The van der Waals surface area contributed by atoms with Crippen LogP contribution in [0.3, 0.4) is 0 Å². The molecule has 3 N–H and O–H groups in total. The summed E-state index contributed by atoms with van der Waals surface area (Å²) in [5.41, 5.74) is 0. The van der Waals surface area contributed by atoms with E-state index < -0.39 is 106 Å². The van der Waals surface area contributed by atoms with Gasteiger partial charge in [0, 0.05) is 39.3 Å². The van der Waals surface area contributed by atoms with Gasteiger partial charge in [-0.25, -0.2) is 4.57 Å². The third-order valence-electron chi connectivity index (χ3n) is 7.35. The molecule has 3 fully saturated rings. The van der Waals surface area contributed by atoms with Gasteiger partial charge in [0.1, 0.15) is 78.5 Å². The minimum Gasteiger partial charge on any atom is -0.394 e. The molecular formula is C24H43B3O17P2S2. The second-order valence-electron chi connectivity index (χ2n) is 10.7. The topological polar surface area (TPSA) is 198 Å². The Hall–Kier alpha value is 0.785. The van der Waals surface area contributed by atoms with Crippen molar-refractivity contribution >= 4 is 61.1 Å². The molecule has 6 unspecified atom stereocenters. The predicted octanol–water partition coefficient (Wildman–Crippen LogP) is -1.83. The largest absolute Gasteiger partial charge is 0.394 e. The number of methoxy groups -OCH3 is 3. The predicted molar refractivity (Wildman–Crippen MR) is 176 cm³/mol. The summed E-state index contributed by atoms with van der Waals surface area (Å²) in [5, 5.41) is 20.4. The van der Waals surface area contributed by atoms with Crippen LogP contribution in [0.2, 0.25) is 0 Å². The zero-order chi connectivity index (χ0) is 35.5. The van der Waals surface area contributed by atoms with Crippen molar-refractivity contribution in [3.8, 4) is 0 Å². The maximum absolute atomic E-state index is 13.4. The van der Waals surface area contributed by atoms with Crippen LogP contribution in [0.25, 0.3) is 0 Å². The van der Waals surface area contributed by atoms with E-state index in [0.717, 1.165) is 0 Å². The Bertz CT molecular complexity index is 1050. The minimum atomic E-state index is -4.23. The molecule has 6 radical (unpaired) electrons. The molecule has 24 heteroatoms. The van der Waals surface area contributed by atoms with E-state index in [1.807, 2.05) is 0 Å². The van der Waals surface area contributed by atoms with Gasteiger partial charge in [0.15, 0.2) is 0 Å². The lowest BCUT2D eigenvalue weighted by atomic mass is 9.93. The van der Waals surface area contributed by atoms with E-state index in [1.165, 1.54) is 21.3 Å². The normalized spacial score (nSPS) is 37.9. The highest BCUT2D eigenvalue weighted by molar-refractivity contribution is 8.44. The maximum Gasteiger partial charge on any atom is 0.386 e. The molecule has 3 aliphatic heterocycles. The molecule has 0 aromatic rings. The standard InChI is InChI=1S/C24H43B3O17P2S2/c1-32-4-7-35-19-16(29)14(41-22(19)25)11-38-45(30,47)44-18-15(42-24(27)21(18)37-9-6-34-3)12-39-46(31,48)43-17-13(10-28)40-23(26)20(17)36-8-5-33-2/h13-24,28-29H,4-12H2,1-3H3,(H,30,47)(H,31,48)/t13-,14?,15?,16-,17?,18?,19-,20-,21-,22-,23-,24-,45?,46?/m1/s1. The number of hydrogen-bond acceptors (Lipinski definition) is 17. The molecule has 0 saturated carbocycles. The summed E-state index contributed by atoms with van der Waals surface area (Å²) in [6.45, 7) is -8.75. The van der Waals surface area contributed by atoms with Crippen molar-refractivity contribution in [3.63, 3.8) is 0 Å². The summed E-state index contributed by atoms with van der Waals surface area (Å²) in [7, 11) is 22.6. The summed E-state index contributed by atoms with van der Waals surface area (Å²) in [5.74, 6) is 0. The SMILES string of the molecule is [B][C@@H]1OC(COP(O)(=S)OC2C(COP(=O)(S)OC3[C@@H](OCCOC)[C@H]([B])O[C@@H]3CO)O[C@@H]([B])[C@@H]2OCCOC)[C@@H](O)[C@H]1OCCOC. The first-order valence-electron chi connectivity index (χ1n) is 14.9. The van der Waals surface area contributed by atoms with Crippen molar-refractivity contribution in [3.05, 3.63) is 0 Å². The zero-order valence-electron chi connectivity index (χ0n) is 26.8. The van der Waals surface area contributed by atoms with Crippen LogP contribution in [-0.4, -0.2) is 192 Å². The minimum absolute atomic E-state index is 0.0639. The molecule has 272 valence electrons. The Morgan fingerprint density at radius 1 is 0.688 bits per heavy atom. The highest BCUT2D eigenvalue weighted by Crippen LogP contribution is 2.56. The first-order chi connectivity index (χ1) is 22.8. The van der Waals surface area contributed by atoms with Gasteiger partial charge >= 0.3 is 13.5 Å². The summed E-state index contributed by atoms with van der Waals surface area (Å²) in [4.78, 5) is 11.0. The summed E-state index contributed by atoms with van der Waals surface area (Å²) < 4.78 is 84.6. The average molecular weight is 762 g/mol. The highest BCUT2D eigenvalue weighted by Gasteiger charge is 2.50. The van der Waals surface area contributed by atoms with E-state index in [9.17, 15) is 19.7 Å². The number of ether oxygens (including phenoxy) is 9. The van der Waals surface area contributed by atoms with Gasteiger partial charge in [-0.2, -0.15) is 0 Å². The second-order valence-corrected chi connectivity index (χ2v) is 16.4. The zero-order valence-corrected chi connectivity index (χ0v) is 30.3. The average Bonchev–Trinajstić information content (AvgIpc) is 3.60. The second kappa shape index (κ2) is 20.9. The molecule has 0 aromatic heterocycles. The molecular weight excluding hydrogens is 719 g/mol. The Morgan fingerprint density at radius 2 is 1.12 bits per heavy atom. The highest BCUT2D eigenvalue weighted by atomic mass is 32.7. The van der Waals surface area contributed by atoms with E-state index in [0.29, 0.717) is 0 Å². The molecule has 0 aromatic carbocycles. The quantitative estimate of drug-likeness (QED) is 0.0392. The van der Waals surface area contributed by atoms with E-state index in [1.54, 1.807) is 0 Å². The van der Waals surface area contributed by atoms with Crippen LogP contribution < -0.4 is 0 Å². The smallest absolute Gasteiger partial charge is 0.386 e. The van der Waals surface area contributed by atoms with E-state index >= 15 is 0 Å². The first-order valence-corrected chi connectivity index (χ1v) is 20.2. The van der Waals surface area contributed by atoms with Gasteiger partial charge in [-0.15, -0.1) is 0 Å². The number of aliphatic hydroxyl groups is 2. The third kappa shape index (κ3) is 12.7. The van der Waals surface area contributed by atoms with Crippen LogP contribution in [0.1, 0.15) is 0 Å². The van der Waals surface area contributed by atoms with Gasteiger partial charge in [0.2, 0.25) is 0 Å². The van der Waals surface area contributed by atoms with Gasteiger partial charge in [-0.05, 0) is 11.8 Å². The van der Waals surface area contributed by atoms with Gasteiger partial charge in [0.05, 0.1) is 59.5 Å². The van der Waals surface area contributed by atoms with Crippen molar-refractivity contribution in [1.82, 2.24) is 0 Å². The monoisotopic (exact) mass is 762 g/mol. The van der Waals surface area contributed by atoms with Gasteiger partial charge in [0.25, 0.3) is 0 Å². The van der Waals surface area contributed by atoms with E-state index in [-0.39, 0.29) is 39.6 Å². The molecule has 3 saturated heterocycles.